The van der Waals surface area contributed by atoms with Crippen LogP contribution in [0.5, 0.6) is 0 Å². The SMILES string of the molecule is CSC1(C)CC(F)(F)C(C)CC1C(C)NC(=O)OC(C)(C)C. The van der Waals surface area contributed by atoms with Gasteiger partial charge in [0.15, 0.2) is 0 Å². The molecule has 0 heterocycles. The van der Waals surface area contributed by atoms with Gasteiger partial charge in [0.2, 0.25) is 0 Å². The topological polar surface area (TPSA) is 38.3 Å². The molecule has 1 rings (SSSR count). The third-order valence-corrected chi connectivity index (χ3v) is 5.89. The van der Waals surface area contributed by atoms with Crippen molar-refractivity contribution < 1.29 is 18.3 Å². The number of halogens is 2. The number of carbonyl (C=O) groups is 1. The van der Waals surface area contributed by atoms with Gasteiger partial charge in [-0.25, -0.2) is 13.6 Å². The molecule has 0 aromatic rings. The molecule has 3 nitrogen and oxygen atoms in total. The molecule has 0 saturated heterocycles. The predicted octanol–water partition coefficient (Wildman–Crippen LogP) is 4.70. The summed E-state index contributed by atoms with van der Waals surface area (Å²) in [5.41, 5.74) is -0.570. The minimum atomic E-state index is -2.65. The highest BCUT2D eigenvalue weighted by atomic mass is 32.2. The van der Waals surface area contributed by atoms with Crippen LogP contribution in [0.3, 0.4) is 0 Å². The Bertz CT molecular complexity index is 411. The van der Waals surface area contributed by atoms with Crippen molar-refractivity contribution in [1.29, 1.82) is 0 Å². The molecular weight excluding hydrogens is 308 g/mol. The van der Waals surface area contributed by atoms with Crippen molar-refractivity contribution in [2.75, 3.05) is 6.26 Å². The summed E-state index contributed by atoms with van der Waals surface area (Å²) in [6.45, 7) is 10.7. The Morgan fingerprint density at radius 2 is 1.95 bits per heavy atom. The molecule has 1 fully saturated rings. The largest absolute Gasteiger partial charge is 0.444 e. The Hall–Kier alpha value is -0.520. The molecule has 22 heavy (non-hydrogen) atoms. The predicted molar refractivity (Wildman–Crippen MR) is 87.6 cm³/mol. The van der Waals surface area contributed by atoms with E-state index in [0.717, 1.165) is 0 Å². The van der Waals surface area contributed by atoms with Crippen LogP contribution in [0.1, 0.15) is 54.4 Å². The molecule has 0 aliphatic heterocycles. The zero-order valence-corrected chi connectivity index (χ0v) is 15.4. The van der Waals surface area contributed by atoms with E-state index < -0.39 is 28.3 Å². The smallest absolute Gasteiger partial charge is 0.407 e. The van der Waals surface area contributed by atoms with Gasteiger partial charge >= 0.3 is 6.09 Å². The molecular formula is C16H29F2NO2S. The number of hydrogen-bond donors (Lipinski definition) is 1. The van der Waals surface area contributed by atoms with Gasteiger partial charge in [-0.1, -0.05) is 6.92 Å². The second kappa shape index (κ2) is 6.54. The first kappa shape index (κ1) is 19.5. The third-order valence-electron chi connectivity index (χ3n) is 4.51. The lowest BCUT2D eigenvalue weighted by Gasteiger charge is -2.48. The average Bonchev–Trinajstić information content (AvgIpc) is 2.30. The van der Waals surface area contributed by atoms with E-state index in [9.17, 15) is 13.6 Å². The molecule has 1 saturated carbocycles. The van der Waals surface area contributed by atoms with Gasteiger partial charge in [-0.2, -0.15) is 11.8 Å². The lowest BCUT2D eigenvalue weighted by Crippen LogP contribution is -2.55. The first-order valence-electron chi connectivity index (χ1n) is 7.73. The van der Waals surface area contributed by atoms with Crippen molar-refractivity contribution in [2.24, 2.45) is 11.8 Å². The van der Waals surface area contributed by atoms with Gasteiger partial charge in [-0.05, 0) is 53.2 Å². The molecule has 0 spiro atoms. The Morgan fingerprint density at radius 1 is 1.41 bits per heavy atom. The number of alkyl carbamates (subject to hydrolysis) is 1. The van der Waals surface area contributed by atoms with Crippen LogP contribution < -0.4 is 5.32 Å². The Kier molecular flexibility index (Phi) is 5.80. The van der Waals surface area contributed by atoms with Crippen LogP contribution in [-0.4, -0.2) is 34.7 Å². The van der Waals surface area contributed by atoms with Gasteiger partial charge in [0, 0.05) is 23.1 Å². The van der Waals surface area contributed by atoms with Gasteiger partial charge in [-0.15, -0.1) is 0 Å². The number of nitrogens with one attached hydrogen (secondary N) is 1. The van der Waals surface area contributed by atoms with Crippen molar-refractivity contribution in [3.05, 3.63) is 0 Å². The zero-order valence-electron chi connectivity index (χ0n) is 14.6. The Labute approximate surface area is 136 Å². The molecule has 4 atom stereocenters. The van der Waals surface area contributed by atoms with E-state index in [1.165, 1.54) is 11.8 Å². The highest BCUT2D eigenvalue weighted by Crippen LogP contribution is 2.52. The number of rotatable bonds is 3. The van der Waals surface area contributed by atoms with Crippen LogP contribution >= 0.6 is 11.8 Å². The first-order chi connectivity index (χ1) is 9.81. The monoisotopic (exact) mass is 337 g/mol. The minimum Gasteiger partial charge on any atom is -0.444 e. The van der Waals surface area contributed by atoms with E-state index in [1.807, 2.05) is 20.1 Å². The first-order valence-corrected chi connectivity index (χ1v) is 8.96. The normalized spacial score (nSPS) is 33.1. The maximum absolute atomic E-state index is 14.1. The molecule has 0 aromatic carbocycles. The van der Waals surface area contributed by atoms with Crippen LogP contribution in [0.15, 0.2) is 0 Å². The van der Waals surface area contributed by atoms with Crippen LogP contribution in [0.2, 0.25) is 0 Å². The van der Waals surface area contributed by atoms with Crippen molar-refractivity contribution in [2.45, 2.75) is 76.7 Å². The fraction of sp³-hybridized carbons (Fsp3) is 0.938. The molecule has 0 aromatic heterocycles. The van der Waals surface area contributed by atoms with Crippen molar-refractivity contribution >= 4 is 17.9 Å². The van der Waals surface area contributed by atoms with Gasteiger partial charge in [0.25, 0.3) is 5.92 Å². The molecule has 0 bridgehead atoms. The maximum atomic E-state index is 14.1. The number of thioether (sulfide) groups is 1. The molecule has 1 aliphatic carbocycles. The number of alkyl halides is 2. The highest BCUT2D eigenvalue weighted by Gasteiger charge is 2.54. The lowest BCUT2D eigenvalue weighted by atomic mass is 9.70. The Balaban J connectivity index is 2.82. The van der Waals surface area contributed by atoms with E-state index in [2.05, 4.69) is 5.32 Å². The van der Waals surface area contributed by atoms with Gasteiger partial charge < -0.3 is 10.1 Å². The molecule has 1 amide bonds. The molecule has 1 aliphatic rings. The number of amides is 1. The Morgan fingerprint density at radius 3 is 2.41 bits per heavy atom. The third kappa shape index (κ3) is 4.74. The summed E-state index contributed by atoms with van der Waals surface area (Å²) in [4.78, 5) is 11.9. The zero-order chi connectivity index (χ0) is 17.3. The van der Waals surface area contributed by atoms with E-state index in [0.29, 0.717) is 6.42 Å². The number of carbonyl (C=O) groups excluding carboxylic acids is 1. The molecule has 6 heteroatoms. The maximum Gasteiger partial charge on any atom is 0.407 e. The fourth-order valence-electron chi connectivity index (χ4n) is 3.13. The van der Waals surface area contributed by atoms with Gasteiger partial charge in [0.05, 0.1) is 0 Å². The summed E-state index contributed by atoms with van der Waals surface area (Å²) in [6, 6.07) is -0.217. The molecule has 0 radical (unpaired) electrons. The van der Waals surface area contributed by atoms with E-state index in [4.69, 9.17) is 4.74 Å². The summed E-state index contributed by atoms with van der Waals surface area (Å²) in [7, 11) is 0. The highest BCUT2D eigenvalue weighted by molar-refractivity contribution is 8.00. The second-order valence-electron chi connectivity index (χ2n) is 7.63. The fourth-order valence-corrected chi connectivity index (χ4v) is 4.07. The average molecular weight is 337 g/mol. The lowest BCUT2D eigenvalue weighted by molar-refractivity contribution is -0.104. The van der Waals surface area contributed by atoms with E-state index >= 15 is 0 Å². The van der Waals surface area contributed by atoms with Crippen LogP contribution in [-0.2, 0) is 4.74 Å². The van der Waals surface area contributed by atoms with Crippen LogP contribution in [0, 0.1) is 11.8 Å². The van der Waals surface area contributed by atoms with Crippen LogP contribution in [0.25, 0.3) is 0 Å². The van der Waals surface area contributed by atoms with Gasteiger partial charge in [0.1, 0.15) is 5.60 Å². The molecule has 1 N–H and O–H groups in total. The van der Waals surface area contributed by atoms with Gasteiger partial charge in [-0.3, -0.25) is 0 Å². The summed E-state index contributed by atoms with van der Waals surface area (Å²) in [6.07, 6.45) is 1.60. The van der Waals surface area contributed by atoms with E-state index in [-0.39, 0.29) is 18.4 Å². The number of ether oxygens (including phenoxy) is 1. The van der Waals surface area contributed by atoms with E-state index in [1.54, 1.807) is 27.7 Å². The standard InChI is InChI=1S/C16H29F2NO2S/c1-10-8-12(15(6,22-7)9-16(10,17)18)11(2)19-13(20)21-14(3,4)5/h10-12H,8-9H2,1-7H3,(H,19,20). The quantitative estimate of drug-likeness (QED) is 0.811. The summed E-state index contributed by atoms with van der Waals surface area (Å²) in [5.74, 6) is -3.36. The van der Waals surface area contributed by atoms with Crippen molar-refractivity contribution in [3.63, 3.8) is 0 Å². The molecule has 130 valence electrons. The summed E-state index contributed by atoms with van der Waals surface area (Å²) in [5, 5.41) is 2.82. The number of hydrogen-bond acceptors (Lipinski definition) is 3. The minimum absolute atomic E-state index is 0.0235. The second-order valence-corrected chi connectivity index (χ2v) is 8.97. The summed E-state index contributed by atoms with van der Waals surface area (Å²) >= 11 is 1.46. The van der Waals surface area contributed by atoms with Crippen LogP contribution in [0.4, 0.5) is 13.6 Å². The molecule has 4 unspecified atom stereocenters. The summed E-state index contributed by atoms with van der Waals surface area (Å²) < 4.78 is 32.9. The van der Waals surface area contributed by atoms with Crippen molar-refractivity contribution in [1.82, 2.24) is 5.32 Å². The van der Waals surface area contributed by atoms with Crippen molar-refractivity contribution in [3.8, 4) is 0 Å².